The van der Waals surface area contributed by atoms with Crippen LogP contribution in [0, 0.1) is 11.8 Å². The van der Waals surface area contributed by atoms with Gasteiger partial charge in [0, 0.05) is 22.8 Å². The number of halogens is 1. The molecule has 1 aromatic carbocycles. The van der Waals surface area contributed by atoms with Gasteiger partial charge in [-0.15, -0.1) is 0 Å². The van der Waals surface area contributed by atoms with Crippen LogP contribution < -0.4 is 0 Å². The van der Waals surface area contributed by atoms with Gasteiger partial charge in [-0.05, 0) is 29.9 Å². The molecule has 21 heavy (non-hydrogen) atoms. The first-order valence-electron chi connectivity index (χ1n) is 7.59. The number of alkyl halides is 1. The average molecular weight is 398 g/mol. The maximum absolute atomic E-state index is 12.1. The van der Waals surface area contributed by atoms with Crippen LogP contribution in [0.25, 0.3) is 0 Å². The number of hydrogen-bond acceptors (Lipinski definition) is 2. The lowest BCUT2D eigenvalue weighted by molar-refractivity contribution is -0.117. The van der Waals surface area contributed by atoms with Crippen LogP contribution in [-0.4, -0.2) is 16.8 Å². The topological polar surface area (TPSA) is 26.3 Å². The van der Waals surface area contributed by atoms with E-state index in [9.17, 15) is 4.79 Å². The second-order valence-electron chi connectivity index (χ2n) is 6.08. The maximum atomic E-state index is 12.1. The van der Waals surface area contributed by atoms with Crippen molar-refractivity contribution in [1.29, 1.82) is 0 Å². The molecule has 114 valence electrons. The summed E-state index contributed by atoms with van der Waals surface area (Å²) < 4.78 is 6.83. The molecule has 0 spiro atoms. The number of ketones is 1. The van der Waals surface area contributed by atoms with Crippen molar-refractivity contribution in [2.45, 2.75) is 33.1 Å². The van der Waals surface area contributed by atoms with Crippen LogP contribution in [-0.2, 0) is 22.4 Å². The van der Waals surface area contributed by atoms with Crippen LogP contribution >= 0.6 is 22.6 Å². The number of allylic oxidation sites excluding steroid dienone is 2. The fourth-order valence-corrected chi connectivity index (χ4v) is 3.15. The average Bonchev–Trinajstić information content (AvgIpc) is 2.78. The lowest BCUT2D eigenvalue weighted by Crippen LogP contribution is -2.10. The third kappa shape index (κ3) is 5.13. The van der Waals surface area contributed by atoms with Crippen molar-refractivity contribution in [3.8, 4) is 0 Å². The van der Waals surface area contributed by atoms with Gasteiger partial charge in [0.1, 0.15) is 5.76 Å². The van der Waals surface area contributed by atoms with Gasteiger partial charge in [-0.3, -0.25) is 4.79 Å². The molecular weight excluding hydrogens is 375 g/mol. The van der Waals surface area contributed by atoms with Crippen LogP contribution in [0.15, 0.2) is 36.1 Å². The largest absolute Gasteiger partial charge is 0.498 e. The van der Waals surface area contributed by atoms with Crippen molar-refractivity contribution in [2.75, 3.05) is 11.0 Å². The Bertz CT molecular complexity index is 520. The second kappa shape index (κ2) is 7.97. The summed E-state index contributed by atoms with van der Waals surface area (Å²) in [6.45, 7) is 4.93. The second-order valence-corrected chi connectivity index (χ2v) is 7.16. The predicted molar refractivity (Wildman–Crippen MR) is 94.7 cm³/mol. The van der Waals surface area contributed by atoms with E-state index in [-0.39, 0.29) is 11.7 Å². The SMILES string of the molecule is CC(C)COC1=CC(=O)C(Cc2cccc(CCI)c2)C1. The molecule has 0 saturated carbocycles. The lowest BCUT2D eigenvalue weighted by Gasteiger charge is -2.12. The highest BCUT2D eigenvalue weighted by Gasteiger charge is 2.26. The molecule has 0 radical (unpaired) electrons. The third-order valence-corrected chi connectivity index (χ3v) is 4.15. The number of carbonyl (C=O) groups is 1. The monoisotopic (exact) mass is 398 g/mol. The highest BCUT2D eigenvalue weighted by molar-refractivity contribution is 14.1. The van der Waals surface area contributed by atoms with Crippen LogP contribution in [0.4, 0.5) is 0 Å². The number of aryl methyl sites for hydroxylation is 1. The molecule has 3 heteroatoms. The fourth-order valence-electron chi connectivity index (χ4n) is 2.53. The molecule has 2 rings (SSSR count). The standard InChI is InChI=1S/C18H23IO2/c1-13(2)12-21-17-10-16(18(20)11-17)9-15-5-3-4-14(8-15)6-7-19/h3-5,8,11,13,16H,6-7,9-10,12H2,1-2H3. The van der Waals surface area contributed by atoms with Gasteiger partial charge in [0.2, 0.25) is 0 Å². The summed E-state index contributed by atoms with van der Waals surface area (Å²) in [5.74, 6) is 1.63. The first-order chi connectivity index (χ1) is 10.1. The smallest absolute Gasteiger partial charge is 0.162 e. The van der Waals surface area contributed by atoms with E-state index in [1.807, 2.05) is 0 Å². The molecule has 1 aromatic rings. The number of ether oxygens (including phenoxy) is 1. The van der Waals surface area contributed by atoms with E-state index in [2.05, 4.69) is 60.7 Å². The fraction of sp³-hybridized carbons (Fsp3) is 0.500. The Morgan fingerprint density at radius 1 is 1.33 bits per heavy atom. The summed E-state index contributed by atoms with van der Waals surface area (Å²) >= 11 is 2.39. The van der Waals surface area contributed by atoms with Crippen molar-refractivity contribution in [3.63, 3.8) is 0 Å². The van der Waals surface area contributed by atoms with Gasteiger partial charge < -0.3 is 4.74 Å². The van der Waals surface area contributed by atoms with E-state index in [0.29, 0.717) is 12.5 Å². The minimum atomic E-state index is 0.0574. The lowest BCUT2D eigenvalue weighted by atomic mass is 9.95. The summed E-state index contributed by atoms with van der Waals surface area (Å²) in [6, 6.07) is 8.61. The number of rotatable bonds is 7. The van der Waals surface area contributed by atoms with Crippen molar-refractivity contribution < 1.29 is 9.53 Å². The number of carbonyl (C=O) groups excluding carboxylic acids is 1. The Balaban J connectivity index is 1.92. The van der Waals surface area contributed by atoms with Gasteiger partial charge in [-0.25, -0.2) is 0 Å². The number of hydrogen-bond donors (Lipinski definition) is 0. The first kappa shape index (κ1) is 16.5. The molecule has 0 aromatic heterocycles. The molecule has 1 aliphatic rings. The molecule has 0 bridgehead atoms. The molecule has 1 aliphatic carbocycles. The Hall–Kier alpha value is -0.840. The summed E-state index contributed by atoms with van der Waals surface area (Å²) in [7, 11) is 0. The van der Waals surface area contributed by atoms with E-state index >= 15 is 0 Å². The minimum absolute atomic E-state index is 0.0574. The van der Waals surface area contributed by atoms with Crippen LogP contribution in [0.5, 0.6) is 0 Å². The van der Waals surface area contributed by atoms with Gasteiger partial charge in [0.15, 0.2) is 5.78 Å². The van der Waals surface area contributed by atoms with Gasteiger partial charge in [-0.2, -0.15) is 0 Å². The van der Waals surface area contributed by atoms with E-state index in [4.69, 9.17) is 4.74 Å². The molecule has 1 unspecified atom stereocenters. The van der Waals surface area contributed by atoms with Gasteiger partial charge in [0.05, 0.1) is 6.61 Å². The Morgan fingerprint density at radius 3 is 2.81 bits per heavy atom. The summed E-state index contributed by atoms with van der Waals surface area (Å²) in [4.78, 5) is 12.1. The Labute approximate surface area is 141 Å². The summed E-state index contributed by atoms with van der Waals surface area (Å²) in [5, 5.41) is 0. The molecule has 0 saturated heterocycles. The first-order valence-corrected chi connectivity index (χ1v) is 9.12. The summed E-state index contributed by atoms with van der Waals surface area (Å²) in [6.07, 6.45) is 4.36. The quantitative estimate of drug-likeness (QED) is 0.504. The molecule has 0 fully saturated rings. The molecule has 1 atom stereocenters. The molecule has 2 nitrogen and oxygen atoms in total. The third-order valence-electron chi connectivity index (χ3n) is 3.61. The molecule has 0 heterocycles. The van der Waals surface area contributed by atoms with Crippen LogP contribution in [0.1, 0.15) is 31.4 Å². The zero-order valence-electron chi connectivity index (χ0n) is 12.8. The molecule has 0 aliphatic heterocycles. The van der Waals surface area contributed by atoms with Gasteiger partial charge in [0.25, 0.3) is 0 Å². The highest BCUT2D eigenvalue weighted by atomic mass is 127. The van der Waals surface area contributed by atoms with Crippen molar-refractivity contribution >= 4 is 28.4 Å². The number of benzene rings is 1. The summed E-state index contributed by atoms with van der Waals surface area (Å²) in [5.41, 5.74) is 2.62. The van der Waals surface area contributed by atoms with Crippen molar-refractivity contribution in [3.05, 3.63) is 47.2 Å². The normalized spacial score (nSPS) is 18.2. The van der Waals surface area contributed by atoms with Crippen molar-refractivity contribution in [1.82, 2.24) is 0 Å². The zero-order valence-corrected chi connectivity index (χ0v) is 14.9. The Morgan fingerprint density at radius 2 is 2.10 bits per heavy atom. The van der Waals surface area contributed by atoms with E-state index in [0.717, 1.165) is 29.4 Å². The zero-order chi connectivity index (χ0) is 15.2. The molecule has 0 amide bonds. The van der Waals surface area contributed by atoms with E-state index in [1.165, 1.54) is 11.1 Å². The predicted octanol–water partition coefficient (Wildman–Crippen LogP) is 4.35. The minimum Gasteiger partial charge on any atom is -0.498 e. The molecular formula is C18H23IO2. The van der Waals surface area contributed by atoms with Gasteiger partial charge in [-0.1, -0.05) is 60.7 Å². The van der Waals surface area contributed by atoms with Gasteiger partial charge >= 0.3 is 0 Å². The maximum Gasteiger partial charge on any atom is 0.162 e. The van der Waals surface area contributed by atoms with Crippen LogP contribution in [0.3, 0.4) is 0 Å². The van der Waals surface area contributed by atoms with Crippen LogP contribution in [0.2, 0.25) is 0 Å². The molecule has 0 N–H and O–H groups in total. The highest BCUT2D eigenvalue weighted by Crippen LogP contribution is 2.27. The van der Waals surface area contributed by atoms with Crippen molar-refractivity contribution in [2.24, 2.45) is 11.8 Å². The van der Waals surface area contributed by atoms with E-state index < -0.39 is 0 Å². The Kier molecular flexibility index (Phi) is 6.27. The van der Waals surface area contributed by atoms with E-state index in [1.54, 1.807) is 6.08 Å².